The zero-order chi connectivity index (χ0) is 18.0. The summed E-state index contributed by atoms with van der Waals surface area (Å²) in [6.07, 6.45) is 3.11. The maximum absolute atomic E-state index is 12.3. The first-order valence-electron chi connectivity index (χ1n) is 8.53. The molecule has 1 saturated heterocycles. The number of primary amides is 1. The van der Waals surface area contributed by atoms with E-state index in [1.54, 1.807) is 11.1 Å². The maximum Gasteiger partial charge on any atom is 0.223 e. The van der Waals surface area contributed by atoms with E-state index in [0.29, 0.717) is 44.0 Å². The second-order valence-electron chi connectivity index (χ2n) is 6.65. The number of nitrogens with two attached hydrogens (primary N) is 1. The molecule has 6 nitrogen and oxygen atoms in total. The van der Waals surface area contributed by atoms with Gasteiger partial charge in [-0.3, -0.25) is 9.59 Å². The molecule has 0 unspecified atom stereocenters. The summed E-state index contributed by atoms with van der Waals surface area (Å²) in [5.74, 6) is 0.713. The van der Waals surface area contributed by atoms with E-state index >= 15 is 0 Å². The number of likely N-dealkylation sites (tertiary alicyclic amines) is 1. The van der Waals surface area contributed by atoms with Crippen LogP contribution in [0.15, 0.2) is 28.8 Å². The van der Waals surface area contributed by atoms with E-state index in [9.17, 15) is 9.59 Å². The van der Waals surface area contributed by atoms with Crippen LogP contribution < -0.4 is 5.73 Å². The fourth-order valence-corrected chi connectivity index (χ4v) is 3.04. The largest absolute Gasteiger partial charge is 0.441 e. The molecule has 1 atom stereocenters. The molecule has 3 rings (SSSR count). The summed E-state index contributed by atoms with van der Waals surface area (Å²) in [6.45, 7) is 5.14. The molecule has 1 fully saturated rings. The Bertz CT molecular complexity index is 797. The van der Waals surface area contributed by atoms with Gasteiger partial charge in [0, 0.05) is 31.5 Å². The molecular weight excluding hydrogens is 318 g/mol. The van der Waals surface area contributed by atoms with Gasteiger partial charge in [0.05, 0.1) is 12.1 Å². The molecule has 1 aliphatic rings. The van der Waals surface area contributed by atoms with E-state index in [0.717, 1.165) is 5.56 Å². The van der Waals surface area contributed by atoms with E-state index in [1.165, 1.54) is 11.1 Å². The third-order valence-electron chi connectivity index (χ3n) is 4.84. The third kappa shape index (κ3) is 3.90. The van der Waals surface area contributed by atoms with Gasteiger partial charge in [0.15, 0.2) is 11.7 Å². The highest BCUT2D eigenvalue weighted by Gasteiger charge is 2.29. The van der Waals surface area contributed by atoms with Crippen molar-refractivity contribution in [2.75, 3.05) is 13.1 Å². The first kappa shape index (κ1) is 17.2. The van der Waals surface area contributed by atoms with Gasteiger partial charge in [0.2, 0.25) is 11.8 Å². The third-order valence-corrected chi connectivity index (χ3v) is 4.84. The normalized spacial score (nSPS) is 17.0. The van der Waals surface area contributed by atoms with E-state index in [4.69, 9.17) is 10.2 Å². The van der Waals surface area contributed by atoms with Crippen molar-refractivity contribution in [3.63, 3.8) is 0 Å². The molecule has 0 aliphatic carbocycles. The van der Waals surface area contributed by atoms with Gasteiger partial charge < -0.3 is 15.1 Å². The molecule has 0 bridgehead atoms. The Kier molecular flexibility index (Phi) is 4.88. The first-order chi connectivity index (χ1) is 11.9. The fourth-order valence-electron chi connectivity index (χ4n) is 3.04. The number of aryl methyl sites for hydroxylation is 3. The first-order valence-corrected chi connectivity index (χ1v) is 8.53. The summed E-state index contributed by atoms with van der Waals surface area (Å²) >= 11 is 0. The predicted octanol–water partition coefficient (Wildman–Crippen LogP) is 2.22. The van der Waals surface area contributed by atoms with Crippen LogP contribution >= 0.6 is 0 Å². The summed E-state index contributed by atoms with van der Waals surface area (Å²) in [5.41, 5.74) is 8.71. The summed E-state index contributed by atoms with van der Waals surface area (Å²) < 4.78 is 5.78. The number of nitrogens with zero attached hydrogens (tertiary/aromatic N) is 2. The summed E-state index contributed by atoms with van der Waals surface area (Å²) in [6, 6.07) is 6.13. The highest BCUT2D eigenvalue weighted by atomic mass is 16.4. The van der Waals surface area contributed by atoms with Gasteiger partial charge in [-0.2, -0.15) is 0 Å². The van der Waals surface area contributed by atoms with Crippen molar-refractivity contribution >= 4 is 11.8 Å². The van der Waals surface area contributed by atoms with Crippen LogP contribution in [0.25, 0.3) is 11.3 Å². The Hall–Kier alpha value is -2.63. The smallest absolute Gasteiger partial charge is 0.223 e. The molecule has 132 valence electrons. The van der Waals surface area contributed by atoms with Gasteiger partial charge in [-0.25, -0.2) is 4.98 Å². The Morgan fingerprint density at radius 2 is 2.12 bits per heavy atom. The minimum absolute atomic E-state index is 0.00896. The summed E-state index contributed by atoms with van der Waals surface area (Å²) in [4.78, 5) is 29.4. The summed E-state index contributed by atoms with van der Waals surface area (Å²) in [7, 11) is 0. The van der Waals surface area contributed by atoms with Crippen molar-refractivity contribution < 1.29 is 14.0 Å². The molecule has 0 spiro atoms. The van der Waals surface area contributed by atoms with Gasteiger partial charge in [-0.15, -0.1) is 0 Å². The Labute approximate surface area is 147 Å². The Balaban J connectivity index is 1.58. The highest BCUT2D eigenvalue weighted by molar-refractivity contribution is 5.81. The van der Waals surface area contributed by atoms with Crippen LogP contribution in [0, 0.1) is 19.8 Å². The lowest BCUT2D eigenvalue weighted by molar-refractivity contribution is -0.130. The number of benzene rings is 1. The average molecular weight is 341 g/mol. The molecule has 2 heterocycles. The van der Waals surface area contributed by atoms with Crippen LogP contribution in [0.3, 0.4) is 0 Å². The quantitative estimate of drug-likeness (QED) is 0.903. The fraction of sp³-hybridized carbons (Fsp3) is 0.421. The van der Waals surface area contributed by atoms with Gasteiger partial charge in [-0.05, 0) is 37.5 Å². The number of amides is 2. The molecule has 1 aliphatic heterocycles. The number of rotatable bonds is 5. The van der Waals surface area contributed by atoms with Crippen LogP contribution in [0.2, 0.25) is 0 Å². The Morgan fingerprint density at radius 3 is 2.80 bits per heavy atom. The standard InChI is InChI=1S/C19H23N3O3/c1-12-3-4-14(9-13(12)2)16-10-21-17(25-16)5-6-18(23)22-8-7-15(11-22)19(20)24/h3-4,9-10,15H,5-8,11H2,1-2H3,(H2,20,24)/t15-/m0/s1. The van der Waals surface area contributed by atoms with Crippen molar-refractivity contribution in [3.8, 4) is 11.3 Å². The SMILES string of the molecule is Cc1ccc(-c2cnc(CCC(=O)N3CC[C@H](C(N)=O)C3)o2)cc1C. The minimum Gasteiger partial charge on any atom is -0.441 e. The number of hydrogen-bond donors (Lipinski definition) is 1. The molecule has 2 aromatic rings. The Morgan fingerprint density at radius 1 is 1.32 bits per heavy atom. The summed E-state index contributed by atoms with van der Waals surface area (Å²) in [5, 5.41) is 0. The number of hydrogen-bond acceptors (Lipinski definition) is 4. The van der Waals surface area contributed by atoms with Crippen molar-refractivity contribution in [3.05, 3.63) is 41.4 Å². The number of carbonyl (C=O) groups excluding carboxylic acids is 2. The maximum atomic E-state index is 12.3. The second kappa shape index (κ2) is 7.09. The van der Waals surface area contributed by atoms with Crippen LogP contribution in [-0.2, 0) is 16.0 Å². The zero-order valence-electron chi connectivity index (χ0n) is 14.6. The van der Waals surface area contributed by atoms with Gasteiger partial charge in [0.25, 0.3) is 0 Å². The van der Waals surface area contributed by atoms with E-state index in [-0.39, 0.29) is 17.7 Å². The van der Waals surface area contributed by atoms with Crippen molar-refractivity contribution in [2.24, 2.45) is 11.7 Å². The number of carbonyl (C=O) groups is 2. The number of oxazole rings is 1. The monoisotopic (exact) mass is 341 g/mol. The molecule has 1 aromatic carbocycles. The van der Waals surface area contributed by atoms with Crippen LogP contribution in [0.1, 0.15) is 29.9 Å². The van der Waals surface area contributed by atoms with Crippen LogP contribution in [-0.4, -0.2) is 34.8 Å². The lowest BCUT2D eigenvalue weighted by Crippen LogP contribution is -2.31. The molecule has 6 heteroatoms. The molecule has 25 heavy (non-hydrogen) atoms. The lowest BCUT2D eigenvalue weighted by Gasteiger charge is -2.15. The predicted molar refractivity (Wildman–Crippen MR) is 93.6 cm³/mol. The van der Waals surface area contributed by atoms with Crippen LogP contribution in [0.5, 0.6) is 0 Å². The van der Waals surface area contributed by atoms with Crippen molar-refractivity contribution in [1.82, 2.24) is 9.88 Å². The van der Waals surface area contributed by atoms with Crippen molar-refractivity contribution in [2.45, 2.75) is 33.1 Å². The van der Waals surface area contributed by atoms with Crippen molar-refractivity contribution in [1.29, 1.82) is 0 Å². The van der Waals surface area contributed by atoms with Gasteiger partial charge in [-0.1, -0.05) is 12.1 Å². The molecule has 0 saturated carbocycles. The van der Waals surface area contributed by atoms with E-state index in [1.807, 2.05) is 6.07 Å². The van der Waals surface area contributed by atoms with Gasteiger partial charge in [0.1, 0.15) is 0 Å². The second-order valence-corrected chi connectivity index (χ2v) is 6.65. The molecule has 2 N–H and O–H groups in total. The number of aromatic nitrogens is 1. The van der Waals surface area contributed by atoms with E-state index < -0.39 is 0 Å². The molecule has 1 aromatic heterocycles. The zero-order valence-corrected chi connectivity index (χ0v) is 14.6. The lowest BCUT2D eigenvalue weighted by atomic mass is 10.1. The van der Waals surface area contributed by atoms with Crippen LogP contribution in [0.4, 0.5) is 0 Å². The molecular formula is C19H23N3O3. The topological polar surface area (TPSA) is 89.4 Å². The highest BCUT2D eigenvalue weighted by Crippen LogP contribution is 2.24. The minimum atomic E-state index is -0.332. The van der Waals surface area contributed by atoms with Gasteiger partial charge >= 0.3 is 0 Å². The average Bonchev–Trinajstić information content (AvgIpc) is 3.24. The molecule has 0 radical (unpaired) electrons. The van der Waals surface area contributed by atoms with E-state index in [2.05, 4.69) is 31.0 Å². The molecule has 2 amide bonds.